The molecule has 0 saturated carbocycles. The molecule has 0 bridgehead atoms. The molecule has 0 aliphatic rings. The highest BCUT2D eigenvalue weighted by Gasteiger charge is 2.13. The van der Waals surface area contributed by atoms with Crippen molar-refractivity contribution in [1.29, 1.82) is 0 Å². The van der Waals surface area contributed by atoms with Crippen LogP contribution in [0.5, 0.6) is 0 Å². The van der Waals surface area contributed by atoms with Crippen LogP contribution in [0.15, 0.2) is 70.6 Å². The first kappa shape index (κ1) is 18.6. The van der Waals surface area contributed by atoms with Crippen molar-refractivity contribution >= 4 is 50.3 Å². The maximum Gasteiger partial charge on any atom is 0.234 e. The molecule has 0 radical (unpaired) electrons. The van der Waals surface area contributed by atoms with Crippen molar-refractivity contribution in [1.82, 2.24) is 19.7 Å². The average Bonchev–Trinajstić information content (AvgIpc) is 3.12. The van der Waals surface area contributed by atoms with Gasteiger partial charge in [0.1, 0.15) is 11.4 Å². The maximum absolute atomic E-state index is 12.3. The topological polar surface area (TPSA) is 72.7 Å². The van der Waals surface area contributed by atoms with E-state index in [9.17, 15) is 4.79 Å². The summed E-state index contributed by atoms with van der Waals surface area (Å²) >= 11 is 4.76. The molecule has 8 heteroatoms. The van der Waals surface area contributed by atoms with E-state index < -0.39 is 0 Å². The van der Waals surface area contributed by atoms with Gasteiger partial charge in [0.05, 0.1) is 23.0 Å². The standard InChI is InChI=1S/C20H16BrN5OS/c1-13-5-7-16(8-6-13)26-19-17(10-24-26)20(23-12-22-19)28-11-18(27)25-15-4-2-3-14(21)9-15/h2-10,12H,11H2,1H3,(H,25,27). The van der Waals surface area contributed by atoms with Gasteiger partial charge in [-0.2, -0.15) is 5.10 Å². The minimum absolute atomic E-state index is 0.0965. The van der Waals surface area contributed by atoms with E-state index >= 15 is 0 Å². The van der Waals surface area contributed by atoms with E-state index in [0.29, 0.717) is 5.65 Å². The summed E-state index contributed by atoms with van der Waals surface area (Å²) in [5, 5.41) is 8.89. The highest BCUT2D eigenvalue weighted by atomic mass is 79.9. The second-order valence-electron chi connectivity index (χ2n) is 6.16. The van der Waals surface area contributed by atoms with Gasteiger partial charge in [-0.1, -0.05) is 51.5 Å². The van der Waals surface area contributed by atoms with Crippen LogP contribution in [0, 0.1) is 6.92 Å². The molecular weight excluding hydrogens is 438 g/mol. The van der Waals surface area contributed by atoms with Gasteiger partial charge in [-0.25, -0.2) is 14.6 Å². The Morgan fingerprint density at radius 2 is 2.00 bits per heavy atom. The molecule has 140 valence electrons. The third kappa shape index (κ3) is 4.07. The Labute approximate surface area is 174 Å². The van der Waals surface area contributed by atoms with Crippen LogP contribution in [0.25, 0.3) is 16.7 Å². The Bertz CT molecular complexity index is 1140. The lowest BCUT2D eigenvalue weighted by Crippen LogP contribution is -2.14. The van der Waals surface area contributed by atoms with Gasteiger partial charge in [0, 0.05) is 10.2 Å². The fourth-order valence-electron chi connectivity index (χ4n) is 2.71. The van der Waals surface area contributed by atoms with Crippen molar-refractivity contribution < 1.29 is 4.79 Å². The zero-order valence-corrected chi connectivity index (χ0v) is 17.4. The van der Waals surface area contributed by atoms with E-state index in [4.69, 9.17) is 0 Å². The number of nitrogens with zero attached hydrogens (tertiary/aromatic N) is 4. The highest BCUT2D eigenvalue weighted by Crippen LogP contribution is 2.26. The highest BCUT2D eigenvalue weighted by molar-refractivity contribution is 9.10. The number of carbonyl (C=O) groups is 1. The molecule has 2 aromatic carbocycles. The monoisotopic (exact) mass is 453 g/mol. The Kier molecular flexibility index (Phi) is 5.40. The van der Waals surface area contributed by atoms with Crippen molar-refractivity contribution in [2.24, 2.45) is 0 Å². The summed E-state index contributed by atoms with van der Waals surface area (Å²) in [5.41, 5.74) is 3.58. The molecule has 0 saturated heterocycles. The second kappa shape index (κ2) is 8.12. The van der Waals surface area contributed by atoms with E-state index in [1.165, 1.54) is 23.7 Å². The first-order valence-electron chi connectivity index (χ1n) is 8.54. The lowest BCUT2D eigenvalue weighted by molar-refractivity contribution is -0.113. The number of aromatic nitrogens is 4. The van der Waals surface area contributed by atoms with Crippen LogP contribution in [0.2, 0.25) is 0 Å². The third-order valence-electron chi connectivity index (χ3n) is 4.06. The van der Waals surface area contributed by atoms with Gasteiger partial charge in [-0.15, -0.1) is 0 Å². The predicted molar refractivity (Wildman–Crippen MR) is 115 cm³/mol. The first-order chi connectivity index (χ1) is 13.6. The van der Waals surface area contributed by atoms with Gasteiger partial charge in [-0.05, 0) is 37.3 Å². The molecular formula is C20H16BrN5OS. The van der Waals surface area contributed by atoms with E-state index in [1.807, 2.05) is 55.5 Å². The largest absolute Gasteiger partial charge is 0.325 e. The maximum atomic E-state index is 12.3. The van der Waals surface area contributed by atoms with Crippen molar-refractivity contribution in [3.05, 3.63) is 71.1 Å². The first-order valence-corrected chi connectivity index (χ1v) is 10.3. The van der Waals surface area contributed by atoms with E-state index in [1.54, 1.807) is 10.9 Å². The number of carbonyl (C=O) groups excluding carboxylic acids is 1. The number of benzene rings is 2. The normalized spacial score (nSPS) is 10.9. The minimum Gasteiger partial charge on any atom is -0.325 e. The summed E-state index contributed by atoms with van der Waals surface area (Å²) in [4.78, 5) is 21.0. The lowest BCUT2D eigenvalue weighted by atomic mass is 10.2. The predicted octanol–water partition coefficient (Wildman–Crippen LogP) is 4.62. The number of amides is 1. The number of rotatable bonds is 5. The molecule has 0 aliphatic heterocycles. The quantitative estimate of drug-likeness (QED) is 0.352. The molecule has 0 aliphatic carbocycles. The van der Waals surface area contributed by atoms with Gasteiger partial charge in [0.25, 0.3) is 0 Å². The smallest absolute Gasteiger partial charge is 0.234 e. The van der Waals surface area contributed by atoms with Crippen LogP contribution in [-0.4, -0.2) is 31.4 Å². The fraction of sp³-hybridized carbons (Fsp3) is 0.100. The number of thioether (sulfide) groups is 1. The van der Waals surface area contributed by atoms with E-state index in [-0.39, 0.29) is 11.7 Å². The van der Waals surface area contributed by atoms with Crippen molar-refractivity contribution in [2.45, 2.75) is 11.9 Å². The molecule has 0 fully saturated rings. The van der Waals surface area contributed by atoms with Crippen LogP contribution in [-0.2, 0) is 4.79 Å². The number of fused-ring (bicyclic) bond motifs is 1. The van der Waals surface area contributed by atoms with Crippen LogP contribution >= 0.6 is 27.7 Å². The summed E-state index contributed by atoms with van der Waals surface area (Å²) in [6, 6.07) is 15.6. The van der Waals surface area contributed by atoms with Gasteiger partial charge in [0.15, 0.2) is 5.65 Å². The molecule has 0 unspecified atom stereocenters. The Morgan fingerprint density at radius 1 is 1.18 bits per heavy atom. The van der Waals surface area contributed by atoms with Gasteiger partial charge >= 0.3 is 0 Å². The van der Waals surface area contributed by atoms with Crippen molar-refractivity contribution in [3.63, 3.8) is 0 Å². The van der Waals surface area contributed by atoms with Crippen LogP contribution < -0.4 is 5.32 Å². The molecule has 2 heterocycles. The molecule has 0 atom stereocenters. The minimum atomic E-state index is -0.0965. The van der Waals surface area contributed by atoms with Crippen LogP contribution in [0.1, 0.15) is 5.56 Å². The Hall–Kier alpha value is -2.71. The van der Waals surface area contributed by atoms with Crippen molar-refractivity contribution in [3.8, 4) is 5.69 Å². The Morgan fingerprint density at radius 3 is 2.79 bits per heavy atom. The fourth-order valence-corrected chi connectivity index (χ4v) is 3.87. The average molecular weight is 454 g/mol. The Balaban J connectivity index is 1.51. The SMILES string of the molecule is Cc1ccc(-n2ncc3c(SCC(=O)Nc4cccc(Br)c4)ncnc32)cc1. The summed E-state index contributed by atoms with van der Waals surface area (Å²) in [7, 11) is 0. The molecule has 1 N–H and O–H groups in total. The zero-order valence-electron chi connectivity index (χ0n) is 15.0. The number of hydrogen-bond acceptors (Lipinski definition) is 5. The molecule has 28 heavy (non-hydrogen) atoms. The van der Waals surface area contributed by atoms with Gasteiger partial charge in [0.2, 0.25) is 5.91 Å². The molecule has 2 aromatic heterocycles. The van der Waals surface area contributed by atoms with Gasteiger partial charge < -0.3 is 5.32 Å². The molecule has 4 rings (SSSR count). The molecule has 4 aromatic rings. The zero-order chi connectivity index (χ0) is 19.5. The van der Waals surface area contributed by atoms with Crippen LogP contribution in [0.4, 0.5) is 5.69 Å². The van der Waals surface area contributed by atoms with E-state index in [2.05, 4.69) is 36.3 Å². The van der Waals surface area contributed by atoms with E-state index in [0.717, 1.165) is 26.3 Å². The summed E-state index contributed by atoms with van der Waals surface area (Å²) in [5.74, 6) is 0.148. The summed E-state index contributed by atoms with van der Waals surface area (Å²) in [6.07, 6.45) is 3.24. The number of anilines is 1. The third-order valence-corrected chi connectivity index (χ3v) is 5.55. The number of hydrogen-bond donors (Lipinski definition) is 1. The molecule has 6 nitrogen and oxygen atoms in total. The summed E-state index contributed by atoms with van der Waals surface area (Å²) in [6.45, 7) is 2.04. The van der Waals surface area contributed by atoms with Gasteiger partial charge in [-0.3, -0.25) is 4.79 Å². The number of halogens is 1. The lowest BCUT2D eigenvalue weighted by Gasteiger charge is -2.06. The van der Waals surface area contributed by atoms with Crippen molar-refractivity contribution in [2.75, 3.05) is 11.1 Å². The molecule has 1 amide bonds. The number of nitrogens with one attached hydrogen (secondary N) is 1. The number of aryl methyl sites for hydroxylation is 1. The van der Waals surface area contributed by atoms with Crippen LogP contribution in [0.3, 0.4) is 0 Å². The second-order valence-corrected chi connectivity index (χ2v) is 8.03. The molecule has 0 spiro atoms. The summed E-state index contributed by atoms with van der Waals surface area (Å²) < 4.78 is 2.70.